The van der Waals surface area contributed by atoms with Crippen LogP contribution in [0.5, 0.6) is 5.75 Å². The molecule has 0 N–H and O–H groups in total. The van der Waals surface area contributed by atoms with Crippen molar-refractivity contribution in [2.24, 2.45) is 0 Å². The lowest BCUT2D eigenvalue weighted by atomic mass is 10.1. The first-order valence-corrected chi connectivity index (χ1v) is 6.67. The van der Waals surface area contributed by atoms with Crippen molar-refractivity contribution in [1.82, 2.24) is 4.90 Å². The van der Waals surface area contributed by atoms with Gasteiger partial charge in [-0.25, -0.2) is 0 Å². The number of ether oxygens (including phenoxy) is 1. The van der Waals surface area contributed by atoms with Crippen molar-refractivity contribution < 1.29 is 4.74 Å². The number of nitrogens with zero attached hydrogens (tertiary/aromatic N) is 1. The first-order valence-electron chi connectivity index (χ1n) is 6.67. The smallest absolute Gasteiger partial charge is 0.125 e. The lowest BCUT2D eigenvalue weighted by Crippen LogP contribution is -2.18. The Balaban J connectivity index is 2.10. The van der Waals surface area contributed by atoms with E-state index in [4.69, 9.17) is 4.74 Å². The largest absolute Gasteiger partial charge is 0.486 e. The molecule has 0 bridgehead atoms. The predicted octanol–water partition coefficient (Wildman–Crippen LogP) is 3.76. The molecule has 2 rings (SSSR count). The summed E-state index contributed by atoms with van der Waals surface area (Å²) >= 11 is 0. The minimum atomic E-state index is 0.103. The third-order valence-corrected chi connectivity index (χ3v) is 3.03. The van der Waals surface area contributed by atoms with Gasteiger partial charge in [0.1, 0.15) is 11.9 Å². The summed E-state index contributed by atoms with van der Waals surface area (Å²) in [6.07, 6.45) is 1.08. The molecule has 1 atom stereocenters. The zero-order chi connectivity index (χ0) is 13.5. The van der Waals surface area contributed by atoms with Crippen LogP contribution in [-0.2, 0) is 0 Å². The monoisotopic (exact) mass is 255 g/mol. The van der Waals surface area contributed by atoms with Gasteiger partial charge in [0.05, 0.1) is 0 Å². The van der Waals surface area contributed by atoms with Gasteiger partial charge in [-0.05, 0) is 31.8 Å². The molecule has 0 saturated heterocycles. The summed E-state index contributed by atoms with van der Waals surface area (Å²) in [5.41, 5.74) is 1.23. The molecule has 0 saturated carbocycles. The molecule has 0 aliphatic rings. The summed E-state index contributed by atoms with van der Waals surface area (Å²) in [7, 11) is 4.18. The van der Waals surface area contributed by atoms with Gasteiger partial charge in [0.25, 0.3) is 0 Å². The van der Waals surface area contributed by atoms with Gasteiger partial charge in [0.15, 0.2) is 0 Å². The fourth-order valence-corrected chi connectivity index (χ4v) is 2.00. The van der Waals surface area contributed by atoms with Crippen molar-refractivity contribution in [3.05, 3.63) is 66.2 Å². The van der Waals surface area contributed by atoms with E-state index in [0.717, 1.165) is 18.7 Å². The Morgan fingerprint density at radius 3 is 2.05 bits per heavy atom. The van der Waals surface area contributed by atoms with E-state index in [1.165, 1.54) is 5.56 Å². The topological polar surface area (TPSA) is 12.5 Å². The second-order valence-electron chi connectivity index (χ2n) is 4.92. The fourth-order valence-electron chi connectivity index (χ4n) is 2.00. The van der Waals surface area contributed by atoms with E-state index in [-0.39, 0.29) is 6.10 Å². The molecule has 0 radical (unpaired) electrons. The number of benzene rings is 2. The summed E-state index contributed by atoms with van der Waals surface area (Å²) in [5, 5.41) is 0. The van der Waals surface area contributed by atoms with Crippen LogP contribution >= 0.6 is 0 Å². The molecule has 0 aliphatic carbocycles. The SMILES string of the molecule is CN(C)CC[C@@H](Oc1ccccc1)c1ccccc1. The molecule has 0 unspecified atom stereocenters. The zero-order valence-electron chi connectivity index (χ0n) is 11.6. The lowest BCUT2D eigenvalue weighted by Gasteiger charge is -2.21. The number of para-hydroxylation sites is 1. The van der Waals surface area contributed by atoms with Gasteiger partial charge in [-0.2, -0.15) is 0 Å². The Morgan fingerprint density at radius 2 is 1.47 bits per heavy atom. The molecule has 0 fully saturated rings. The predicted molar refractivity (Wildman–Crippen MR) is 79.4 cm³/mol. The molecule has 2 heteroatoms. The van der Waals surface area contributed by atoms with Crippen molar-refractivity contribution in [1.29, 1.82) is 0 Å². The molecule has 0 aromatic heterocycles. The minimum absolute atomic E-state index is 0.103. The standard InChI is InChI=1S/C17H21NO/c1-18(2)14-13-17(15-9-5-3-6-10-15)19-16-11-7-4-8-12-16/h3-12,17H,13-14H2,1-2H3/t17-/m1/s1. The Bertz CT molecular complexity index is 467. The maximum Gasteiger partial charge on any atom is 0.125 e. The fraction of sp³-hybridized carbons (Fsp3) is 0.294. The van der Waals surface area contributed by atoms with E-state index in [1.54, 1.807) is 0 Å². The van der Waals surface area contributed by atoms with Gasteiger partial charge in [0, 0.05) is 13.0 Å². The summed E-state index contributed by atoms with van der Waals surface area (Å²) in [4.78, 5) is 2.18. The van der Waals surface area contributed by atoms with Crippen LogP contribution in [0.1, 0.15) is 18.1 Å². The molecule has 2 aromatic carbocycles. The highest BCUT2D eigenvalue weighted by atomic mass is 16.5. The highest BCUT2D eigenvalue weighted by Crippen LogP contribution is 2.24. The van der Waals surface area contributed by atoms with Gasteiger partial charge < -0.3 is 9.64 Å². The van der Waals surface area contributed by atoms with Gasteiger partial charge in [-0.3, -0.25) is 0 Å². The molecular formula is C17H21NO. The van der Waals surface area contributed by atoms with Crippen LogP contribution in [0.3, 0.4) is 0 Å². The molecule has 2 aromatic rings. The van der Waals surface area contributed by atoms with E-state index >= 15 is 0 Å². The maximum absolute atomic E-state index is 6.12. The third-order valence-electron chi connectivity index (χ3n) is 3.03. The van der Waals surface area contributed by atoms with Crippen molar-refractivity contribution in [3.63, 3.8) is 0 Å². The lowest BCUT2D eigenvalue weighted by molar-refractivity contribution is 0.179. The van der Waals surface area contributed by atoms with Gasteiger partial charge in [-0.15, -0.1) is 0 Å². The Kier molecular flexibility index (Phi) is 4.99. The van der Waals surface area contributed by atoms with Crippen molar-refractivity contribution in [2.75, 3.05) is 20.6 Å². The minimum Gasteiger partial charge on any atom is -0.486 e. The molecule has 19 heavy (non-hydrogen) atoms. The first kappa shape index (κ1) is 13.6. The van der Waals surface area contributed by atoms with E-state index in [0.29, 0.717) is 0 Å². The van der Waals surface area contributed by atoms with Crippen LogP contribution in [0, 0.1) is 0 Å². The number of hydrogen-bond donors (Lipinski definition) is 0. The van der Waals surface area contributed by atoms with E-state index in [1.807, 2.05) is 36.4 Å². The molecule has 0 amide bonds. The summed E-state index contributed by atoms with van der Waals surface area (Å²) < 4.78 is 6.12. The van der Waals surface area contributed by atoms with E-state index in [2.05, 4.69) is 43.3 Å². The Morgan fingerprint density at radius 1 is 0.895 bits per heavy atom. The quantitative estimate of drug-likeness (QED) is 0.779. The van der Waals surface area contributed by atoms with E-state index in [9.17, 15) is 0 Å². The van der Waals surface area contributed by atoms with Gasteiger partial charge >= 0.3 is 0 Å². The van der Waals surface area contributed by atoms with Crippen LogP contribution in [0.25, 0.3) is 0 Å². The van der Waals surface area contributed by atoms with Crippen LogP contribution in [0.4, 0.5) is 0 Å². The average molecular weight is 255 g/mol. The molecule has 0 aliphatic heterocycles. The normalized spacial score (nSPS) is 12.4. The zero-order valence-corrected chi connectivity index (χ0v) is 11.6. The summed E-state index contributed by atoms with van der Waals surface area (Å²) in [6.45, 7) is 1.01. The van der Waals surface area contributed by atoms with Crippen LogP contribution < -0.4 is 4.74 Å². The van der Waals surface area contributed by atoms with Gasteiger partial charge in [-0.1, -0.05) is 48.5 Å². The maximum atomic E-state index is 6.12. The number of rotatable bonds is 6. The van der Waals surface area contributed by atoms with Gasteiger partial charge in [0.2, 0.25) is 0 Å². The summed E-state index contributed by atoms with van der Waals surface area (Å²) in [5.74, 6) is 0.926. The van der Waals surface area contributed by atoms with Crippen molar-refractivity contribution in [2.45, 2.75) is 12.5 Å². The molecule has 100 valence electrons. The molecule has 0 heterocycles. The second kappa shape index (κ2) is 6.95. The average Bonchev–Trinajstić information content (AvgIpc) is 2.45. The highest BCUT2D eigenvalue weighted by molar-refractivity contribution is 5.24. The third kappa shape index (κ3) is 4.42. The van der Waals surface area contributed by atoms with Crippen molar-refractivity contribution >= 4 is 0 Å². The Labute approximate surface area is 115 Å². The molecule has 2 nitrogen and oxygen atoms in total. The number of hydrogen-bond acceptors (Lipinski definition) is 2. The Hall–Kier alpha value is -1.80. The highest BCUT2D eigenvalue weighted by Gasteiger charge is 2.13. The van der Waals surface area contributed by atoms with Crippen LogP contribution in [0.2, 0.25) is 0 Å². The first-order chi connectivity index (χ1) is 9.25. The summed E-state index contributed by atoms with van der Waals surface area (Å²) in [6, 6.07) is 20.4. The molecule has 0 spiro atoms. The van der Waals surface area contributed by atoms with Crippen LogP contribution in [0.15, 0.2) is 60.7 Å². The van der Waals surface area contributed by atoms with Crippen LogP contribution in [-0.4, -0.2) is 25.5 Å². The van der Waals surface area contributed by atoms with Crippen molar-refractivity contribution in [3.8, 4) is 5.75 Å². The second-order valence-corrected chi connectivity index (χ2v) is 4.92. The van der Waals surface area contributed by atoms with E-state index < -0.39 is 0 Å². The molecular weight excluding hydrogens is 234 g/mol.